The van der Waals surface area contributed by atoms with Crippen LogP contribution in [0.5, 0.6) is 0 Å². The molecular formula is C14H19BrN2O2. The van der Waals surface area contributed by atoms with Crippen molar-refractivity contribution < 1.29 is 9.90 Å². The van der Waals surface area contributed by atoms with Crippen LogP contribution in [0.15, 0.2) is 22.7 Å². The molecular weight excluding hydrogens is 308 g/mol. The maximum absolute atomic E-state index is 11.2. The Bertz CT molecular complexity index is 459. The fraction of sp³-hybridized carbons (Fsp3) is 0.500. The molecule has 1 aliphatic rings. The van der Waals surface area contributed by atoms with Crippen LogP contribution < -0.4 is 5.32 Å². The molecule has 1 heterocycles. The molecule has 0 radical (unpaired) electrons. The number of carboxylic acids is 1. The Labute approximate surface area is 121 Å². The van der Waals surface area contributed by atoms with Gasteiger partial charge in [0.25, 0.3) is 0 Å². The van der Waals surface area contributed by atoms with Crippen LogP contribution in [-0.2, 0) is 0 Å². The Kier molecular flexibility index (Phi) is 4.82. The number of rotatable bonds is 5. The smallest absolute Gasteiger partial charge is 0.337 e. The lowest BCUT2D eigenvalue weighted by atomic mass is 10.1. The number of hydrogen-bond acceptors (Lipinski definition) is 3. The highest BCUT2D eigenvalue weighted by Crippen LogP contribution is 2.21. The predicted molar refractivity (Wildman–Crippen MR) is 79.9 cm³/mol. The Morgan fingerprint density at radius 2 is 2.16 bits per heavy atom. The Balaban J connectivity index is 2.00. The molecule has 1 aromatic rings. The van der Waals surface area contributed by atoms with E-state index in [0.29, 0.717) is 17.3 Å². The molecule has 1 atom stereocenters. The lowest BCUT2D eigenvalue weighted by molar-refractivity contribution is 0.0698. The van der Waals surface area contributed by atoms with Crippen LogP contribution in [0.3, 0.4) is 0 Å². The van der Waals surface area contributed by atoms with Crippen LogP contribution in [0.1, 0.15) is 30.1 Å². The summed E-state index contributed by atoms with van der Waals surface area (Å²) in [5, 5.41) is 12.5. The Morgan fingerprint density at radius 1 is 1.47 bits per heavy atom. The van der Waals surface area contributed by atoms with Crippen LogP contribution in [0.2, 0.25) is 0 Å². The monoisotopic (exact) mass is 326 g/mol. The molecule has 104 valence electrons. The summed E-state index contributed by atoms with van der Waals surface area (Å²) in [6, 6.07) is 5.72. The molecule has 0 amide bonds. The van der Waals surface area contributed by atoms with Crippen molar-refractivity contribution in [1.29, 1.82) is 0 Å². The maximum Gasteiger partial charge on any atom is 0.337 e. The van der Waals surface area contributed by atoms with Crippen LogP contribution in [0, 0.1) is 0 Å². The van der Waals surface area contributed by atoms with E-state index in [9.17, 15) is 9.90 Å². The van der Waals surface area contributed by atoms with Gasteiger partial charge in [-0.2, -0.15) is 0 Å². The molecule has 4 nitrogen and oxygen atoms in total. The maximum atomic E-state index is 11.2. The van der Waals surface area contributed by atoms with Gasteiger partial charge in [0.1, 0.15) is 0 Å². The second-order valence-corrected chi connectivity index (χ2v) is 5.88. The largest absolute Gasteiger partial charge is 0.478 e. The van der Waals surface area contributed by atoms with E-state index in [2.05, 4.69) is 33.1 Å². The average Bonchev–Trinajstić information content (AvgIpc) is 2.90. The molecule has 5 heteroatoms. The van der Waals surface area contributed by atoms with Gasteiger partial charge in [0.05, 0.1) is 5.56 Å². The highest BCUT2D eigenvalue weighted by atomic mass is 79.9. The zero-order chi connectivity index (χ0) is 13.8. The molecule has 0 aromatic heterocycles. The molecule has 0 aliphatic carbocycles. The van der Waals surface area contributed by atoms with Gasteiger partial charge < -0.3 is 10.4 Å². The normalized spacial score (nSPS) is 17.4. The summed E-state index contributed by atoms with van der Waals surface area (Å²) in [6.45, 7) is 5.24. The van der Waals surface area contributed by atoms with E-state index in [0.717, 1.165) is 24.1 Å². The van der Waals surface area contributed by atoms with E-state index in [1.54, 1.807) is 6.07 Å². The number of anilines is 1. The second kappa shape index (κ2) is 6.39. The third kappa shape index (κ3) is 3.70. The van der Waals surface area contributed by atoms with Gasteiger partial charge in [0.15, 0.2) is 0 Å². The molecule has 1 unspecified atom stereocenters. The summed E-state index contributed by atoms with van der Waals surface area (Å²) in [5.41, 5.74) is 0.991. The number of nitrogens with zero attached hydrogens (tertiary/aromatic N) is 1. The van der Waals surface area contributed by atoms with Crippen molar-refractivity contribution in [3.63, 3.8) is 0 Å². The van der Waals surface area contributed by atoms with Crippen molar-refractivity contribution >= 4 is 27.6 Å². The van der Waals surface area contributed by atoms with Crippen molar-refractivity contribution in [2.45, 2.75) is 25.8 Å². The molecule has 2 rings (SSSR count). The van der Waals surface area contributed by atoms with Crippen molar-refractivity contribution in [3.8, 4) is 0 Å². The first-order chi connectivity index (χ1) is 9.08. The summed E-state index contributed by atoms with van der Waals surface area (Å²) in [7, 11) is 0. The summed E-state index contributed by atoms with van der Waals surface area (Å²) in [4.78, 5) is 13.6. The first-order valence-corrected chi connectivity index (χ1v) is 7.38. The molecule has 0 saturated carbocycles. The number of nitrogens with one attached hydrogen (secondary N) is 1. The van der Waals surface area contributed by atoms with E-state index in [4.69, 9.17) is 0 Å². The lowest BCUT2D eigenvalue weighted by Gasteiger charge is -2.24. The third-order valence-electron chi connectivity index (χ3n) is 3.56. The van der Waals surface area contributed by atoms with Gasteiger partial charge in [0, 0.05) is 22.7 Å². The van der Waals surface area contributed by atoms with Crippen molar-refractivity contribution in [2.24, 2.45) is 0 Å². The lowest BCUT2D eigenvalue weighted by Crippen LogP contribution is -2.35. The molecule has 1 fully saturated rings. The van der Waals surface area contributed by atoms with Crippen molar-refractivity contribution in [2.75, 3.05) is 25.0 Å². The molecule has 0 bridgehead atoms. The van der Waals surface area contributed by atoms with Gasteiger partial charge in [0.2, 0.25) is 0 Å². The number of likely N-dealkylation sites (tertiary alicyclic amines) is 1. The first-order valence-electron chi connectivity index (χ1n) is 6.58. The quantitative estimate of drug-likeness (QED) is 0.873. The van der Waals surface area contributed by atoms with Gasteiger partial charge in [-0.1, -0.05) is 15.9 Å². The molecule has 19 heavy (non-hydrogen) atoms. The summed E-state index contributed by atoms with van der Waals surface area (Å²) < 4.78 is 0.781. The number of carbonyl (C=O) groups is 1. The Hall–Kier alpha value is -1.07. The second-order valence-electron chi connectivity index (χ2n) is 4.97. The Morgan fingerprint density at radius 3 is 2.79 bits per heavy atom. The van der Waals surface area contributed by atoms with Crippen molar-refractivity contribution in [3.05, 3.63) is 28.2 Å². The number of hydrogen-bond donors (Lipinski definition) is 2. The standard InChI is InChI=1S/C14H19BrN2O2/c1-10(17-6-2-3-7-17)9-16-13-5-4-11(15)8-12(13)14(18)19/h4-5,8,10,16H,2-3,6-7,9H2,1H3,(H,18,19). The predicted octanol–water partition coefficient (Wildman–Crippen LogP) is 3.04. The SMILES string of the molecule is CC(CNc1ccc(Br)cc1C(=O)O)N1CCCC1. The molecule has 1 aromatic carbocycles. The van der Waals surface area contributed by atoms with E-state index in [1.807, 2.05) is 12.1 Å². The van der Waals surface area contributed by atoms with E-state index in [-0.39, 0.29) is 0 Å². The molecule has 1 aliphatic heterocycles. The minimum absolute atomic E-state index is 0.308. The average molecular weight is 327 g/mol. The number of carboxylic acid groups (broad SMARTS) is 1. The third-order valence-corrected chi connectivity index (χ3v) is 4.06. The molecule has 2 N–H and O–H groups in total. The van der Waals surface area contributed by atoms with Gasteiger partial charge in [-0.25, -0.2) is 4.79 Å². The zero-order valence-corrected chi connectivity index (χ0v) is 12.6. The van der Waals surface area contributed by atoms with Crippen LogP contribution in [0.4, 0.5) is 5.69 Å². The number of benzene rings is 1. The molecule has 1 saturated heterocycles. The van der Waals surface area contributed by atoms with E-state index < -0.39 is 5.97 Å². The summed E-state index contributed by atoms with van der Waals surface area (Å²) in [5.74, 6) is -0.905. The summed E-state index contributed by atoms with van der Waals surface area (Å²) in [6.07, 6.45) is 2.53. The van der Waals surface area contributed by atoms with Gasteiger partial charge >= 0.3 is 5.97 Å². The van der Waals surface area contributed by atoms with Gasteiger partial charge in [-0.05, 0) is 51.1 Å². The minimum Gasteiger partial charge on any atom is -0.478 e. The summed E-state index contributed by atoms with van der Waals surface area (Å²) >= 11 is 3.30. The fourth-order valence-electron chi connectivity index (χ4n) is 2.42. The van der Waals surface area contributed by atoms with Crippen LogP contribution in [0.25, 0.3) is 0 Å². The first kappa shape index (κ1) is 14.3. The number of aromatic carboxylic acids is 1. The van der Waals surface area contributed by atoms with Gasteiger partial charge in [-0.15, -0.1) is 0 Å². The van der Waals surface area contributed by atoms with E-state index in [1.165, 1.54) is 12.8 Å². The van der Waals surface area contributed by atoms with E-state index >= 15 is 0 Å². The zero-order valence-electron chi connectivity index (χ0n) is 11.0. The van der Waals surface area contributed by atoms with Crippen LogP contribution in [-0.4, -0.2) is 41.7 Å². The molecule has 0 spiro atoms. The minimum atomic E-state index is -0.905. The fourth-order valence-corrected chi connectivity index (χ4v) is 2.78. The van der Waals surface area contributed by atoms with Crippen LogP contribution >= 0.6 is 15.9 Å². The number of halogens is 1. The van der Waals surface area contributed by atoms with Gasteiger partial charge in [-0.3, -0.25) is 4.90 Å². The topological polar surface area (TPSA) is 52.6 Å². The highest BCUT2D eigenvalue weighted by molar-refractivity contribution is 9.10. The highest BCUT2D eigenvalue weighted by Gasteiger charge is 2.18. The van der Waals surface area contributed by atoms with Crippen molar-refractivity contribution in [1.82, 2.24) is 4.90 Å².